The number of carbonyl (C=O) groups excluding carboxylic acids is 3. The Bertz CT molecular complexity index is 1110. The van der Waals surface area contributed by atoms with Crippen LogP contribution < -0.4 is 16.0 Å². The number of alkyl halides is 3. The third-order valence-electron chi connectivity index (χ3n) is 4.57. The van der Waals surface area contributed by atoms with Gasteiger partial charge in [-0.25, -0.2) is 8.78 Å². The van der Waals surface area contributed by atoms with Gasteiger partial charge in [0.1, 0.15) is 15.8 Å². The van der Waals surface area contributed by atoms with Gasteiger partial charge in [-0.3, -0.25) is 14.4 Å². The molecule has 2 atom stereocenters. The second kappa shape index (κ2) is 9.51. The molecule has 1 aliphatic rings. The molecule has 1 unspecified atom stereocenters. The van der Waals surface area contributed by atoms with Crippen molar-refractivity contribution in [2.75, 3.05) is 16.0 Å². The Morgan fingerprint density at radius 1 is 1.12 bits per heavy atom. The summed E-state index contributed by atoms with van der Waals surface area (Å²) >= 11 is 20.8. The summed E-state index contributed by atoms with van der Waals surface area (Å²) in [6.45, 7) is 1.48. The third-order valence-corrected chi connectivity index (χ3v) is 6.15. The number of halogens is 6. The Balaban J connectivity index is 1.80. The van der Waals surface area contributed by atoms with Crippen LogP contribution in [0.1, 0.15) is 23.7 Å². The van der Waals surface area contributed by atoms with Gasteiger partial charge in [0.15, 0.2) is 5.82 Å². The van der Waals surface area contributed by atoms with Crippen LogP contribution in [-0.2, 0) is 9.59 Å². The highest BCUT2D eigenvalue weighted by Gasteiger charge is 2.56. The van der Waals surface area contributed by atoms with E-state index in [0.29, 0.717) is 6.42 Å². The zero-order chi connectivity index (χ0) is 23.8. The lowest BCUT2D eigenvalue weighted by molar-refractivity contribution is -0.117. The van der Waals surface area contributed by atoms with Crippen molar-refractivity contribution in [3.05, 3.63) is 52.6 Å². The summed E-state index contributed by atoms with van der Waals surface area (Å²) in [5, 5.41) is 7.01. The van der Waals surface area contributed by atoms with Crippen molar-refractivity contribution in [3.63, 3.8) is 0 Å². The first-order valence-corrected chi connectivity index (χ1v) is 11.2. The number of rotatable bonds is 6. The topological polar surface area (TPSA) is 87.3 Å². The molecule has 2 aromatic carbocycles. The summed E-state index contributed by atoms with van der Waals surface area (Å²) < 4.78 is 27.7. The largest absolute Gasteiger partial charge is 0.326 e. The summed E-state index contributed by atoms with van der Waals surface area (Å²) in [4.78, 5) is 35.9. The molecule has 0 spiro atoms. The van der Waals surface area contributed by atoms with Crippen LogP contribution in [0.3, 0.4) is 0 Å². The minimum atomic E-state index is -1.17. The molecule has 32 heavy (non-hydrogen) atoms. The molecule has 6 nitrogen and oxygen atoms in total. The van der Waals surface area contributed by atoms with E-state index in [1.807, 2.05) is 0 Å². The second-order valence-corrected chi connectivity index (χ2v) is 10.4. The molecule has 170 valence electrons. The lowest BCUT2D eigenvalue weighted by Crippen LogP contribution is -2.22. The van der Waals surface area contributed by atoms with Crippen LogP contribution in [0.4, 0.5) is 25.8 Å². The monoisotopic (exact) mass is 567 g/mol. The fraction of sp³-hybridized carbons (Fsp3) is 0.250. The fourth-order valence-corrected chi connectivity index (χ4v) is 3.50. The standard InChI is InChI=1S/C20H15BrCl3F2N3O3/c1-8(21)17(30)29-16-13(25)4-5-14(15(16)26)28-18(31)10-6-9(2-3-12(10)22)27-19(32)11-7-20(11,23)24/h2-6,8,11H,7H2,1H3,(H,27,32)(H,28,31)(H,29,30)/t8?,11-/m1/s1. The van der Waals surface area contributed by atoms with Gasteiger partial charge in [-0.1, -0.05) is 27.5 Å². The van der Waals surface area contributed by atoms with Crippen LogP contribution in [0.5, 0.6) is 0 Å². The van der Waals surface area contributed by atoms with E-state index in [-0.39, 0.29) is 22.0 Å². The minimum absolute atomic E-state index is 0.0279. The van der Waals surface area contributed by atoms with Crippen molar-refractivity contribution >= 4 is 85.5 Å². The van der Waals surface area contributed by atoms with Crippen LogP contribution >= 0.6 is 50.7 Å². The minimum Gasteiger partial charge on any atom is -0.326 e. The summed E-state index contributed by atoms with van der Waals surface area (Å²) in [7, 11) is 0. The molecule has 0 bridgehead atoms. The lowest BCUT2D eigenvalue weighted by atomic mass is 10.1. The van der Waals surface area contributed by atoms with E-state index in [4.69, 9.17) is 34.8 Å². The average Bonchev–Trinajstić information content (AvgIpc) is 3.36. The zero-order valence-electron chi connectivity index (χ0n) is 16.2. The van der Waals surface area contributed by atoms with Crippen LogP contribution in [0, 0.1) is 17.6 Å². The first-order valence-electron chi connectivity index (χ1n) is 9.13. The van der Waals surface area contributed by atoms with Gasteiger partial charge in [0.25, 0.3) is 5.91 Å². The van der Waals surface area contributed by atoms with E-state index in [1.54, 1.807) is 0 Å². The molecule has 0 aromatic heterocycles. The van der Waals surface area contributed by atoms with Crippen LogP contribution in [0.2, 0.25) is 5.02 Å². The van der Waals surface area contributed by atoms with Gasteiger partial charge in [-0.05, 0) is 43.7 Å². The molecule has 1 fully saturated rings. The molecule has 1 saturated carbocycles. The normalized spacial score (nSPS) is 17.3. The van der Waals surface area contributed by atoms with Crippen LogP contribution in [0.25, 0.3) is 0 Å². The molecule has 12 heteroatoms. The highest BCUT2D eigenvalue weighted by Crippen LogP contribution is 2.53. The smallest absolute Gasteiger partial charge is 0.257 e. The Labute approximate surface area is 205 Å². The molecule has 0 radical (unpaired) electrons. The maximum absolute atomic E-state index is 14.8. The van der Waals surface area contributed by atoms with E-state index in [9.17, 15) is 23.2 Å². The molecular formula is C20H15BrCl3F2N3O3. The predicted molar refractivity (Wildman–Crippen MR) is 124 cm³/mol. The molecule has 1 aliphatic carbocycles. The molecule has 0 aliphatic heterocycles. The molecular weight excluding hydrogens is 554 g/mol. The van der Waals surface area contributed by atoms with Crippen LogP contribution in [-0.4, -0.2) is 26.9 Å². The number of benzene rings is 2. The van der Waals surface area contributed by atoms with Gasteiger partial charge in [-0.2, -0.15) is 0 Å². The zero-order valence-corrected chi connectivity index (χ0v) is 20.1. The molecule has 2 aromatic rings. The van der Waals surface area contributed by atoms with Gasteiger partial charge in [0, 0.05) is 5.69 Å². The molecule has 0 saturated heterocycles. The molecule has 3 N–H and O–H groups in total. The maximum atomic E-state index is 14.8. The summed E-state index contributed by atoms with van der Waals surface area (Å²) in [6.07, 6.45) is 0.305. The maximum Gasteiger partial charge on any atom is 0.257 e. The van der Waals surface area contributed by atoms with Crippen molar-refractivity contribution in [1.29, 1.82) is 0 Å². The number of hydrogen-bond acceptors (Lipinski definition) is 3. The van der Waals surface area contributed by atoms with Gasteiger partial charge in [0.2, 0.25) is 11.8 Å². The van der Waals surface area contributed by atoms with Gasteiger partial charge >= 0.3 is 0 Å². The molecule has 3 amide bonds. The fourth-order valence-electron chi connectivity index (χ4n) is 2.68. The van der Waals surface area contributed by atoms with E-state index in [0.717, 1.165) is 12.1 Å². The number of nitrogens with one attached hydrogen (secondary N) is 3. The quantitative estimate of drug-likeness (QED) is 0.389. The van der Waals surface area contributed by atoms with Crippen molar-refractivity contribution in [3.8, 4) is 0 Å². The van der Waals surface area contributed by atoms with Crippen molar-refractivity contribution < 1.29 is 23.2 Å². The Morgan fingerprint density at radius 3 is 2.38 bits per heavy atom. The van der Waals surface area contributed by atoms with Crippen molar-refractivity contribution in [1.82, 2.24) is 0 Å². The van der Waals surface area contributed by atoms with Crippen molar-refractivity contribution in [2.45, 2.75) is 22.5 Å². The highest BCUT2D eigenvalue weighted by molar-refractivity contribution is 9.10. The number of hydrogen-bond donors (Lipinski definition) is 3. The third kappa shape index (κ3) is 5.51. The Kier molecular flexibility index (Phi) is 7.34. The molecule has 3 rings (SSSR count). The first kappa shape index (κ1) is 24.7. The lowest BCUT2D eigenvalue weighted by Gasteiger charge is -2.14. The number of anilines is 3. The first-order chi connectivity index (χ1) is 14.9. The van der Waals surface area contributed by atoms with Gasteiger partial charge in [0.05, 0.1) is 27.0 Å². The van der Waals surface area contributed by atoms with E-state index in [1.165, 1.54) is 25.1 Å². The predicted octanol–water partition coefficient (Wildman–Crippen LogP) is 5.72. The Morgan fingerprint density at radius 2 is 1.78 bits per heavy atom. The van der Waals surface area contributed by atoms with E-state index >= 15 is 0 Å². The summed E-state index contributed by atoms with van der Waals surface area (Å²) in [6, 6.07) is 6.03. The van der Waals surface area contributed by atoms with Crippen molar-refractivity contribution in [2.24, 2.45) is 5.92 Å². The Hall–Kier alpha value is -1.94. The number of carbonyl (C=O) groups is 3. The van der Waals surface area contributed by atoms with E-state index < -0.39 is 50.1 Å². The van der Waals surface area contributed by atoms with E-state index in [2.05, 4.69) is 31.9 Å². The highest BCUT2D eigenvalue weighted by atomic mass is 79.9. The summed E-state index contributed by atoms with van der Waals surface area (Å²) in [5.41, 5.74) is -0.918. The number of amides is 3. The van der Waals surface area contributed by atoms with Crippen LogP contribution in [0.15, 0.2) is 30.3 Å². The average molecular weight is 570 g/mol. The second-order valence-electron chi connectivity index (χ2n) is 7.04. The molecule has 0 heterocycles. The van der Waals surface area contributed by atoms with Gasteiger partial charge in [-0.15, -0.1) is 23.2 Å². The summed E-state index contributed by atoms with van der Waals surface area (Å²) in [5.74, 6) is -4.68. The SMILES string of the molecule is CC(Br)C(=O)Nc1c(F)ccc(NC(=O)c2cc(NC(=O)[C@H]3CC3(Cl)Cl)ccc2Cl)c1F. The van der Waals surface area contributed by atoms with Gasteiger partial charge < -0.3 is 16.0 Å².